The average molecular weight is 345 g/mol. The average Bonchev–Trinajstić information content (AvgIpc) is 2.90. The highest BCUT2D eigenvalue weighted by atomic mass is 35.5. The van der Waals surface area contributed by atoms with Crippen LogP contribution in [0.2, 0.25) is 5.02 Å². The second kappa shape index (κ2) is 7.53. The van der Waals surface area contributed by atoms with Gasteiger partial charge in [0.25, 0.3) is 5.91 Å². The summed E-state index contributed by atoms with van der Waals surface area (Å²) in [6, 6.07) is 5.55. The van der Waals surface area contributed by atoms with Crippen molar-refractivity contribution in [2.45, 2.75) is 25.4 Å². The third kappa shape index (κ3) is 3.67. The van der Waals surface area contributed by atoms with Gasteiger partial charge in [-0.1, -0.05) is 11.6 Å². The summed E-state index contributed by atoms with van der Waals surface area (Å²) >= 11 is 5.99. The molecule has 1 saturated heterocycles. The topological polar surface area (TPSA) is 41.6 Å². The quantitative estimate of drug-likeness (QED) is 0.915. The Balaban J connectivity index is 0.00000176. The lowest BCUT2D eigenvalue weighted by atomic mass is 9.96. The first-order valence-electron chi connectivity index (χ1n) is 7.56. The number of likely N-dealkylation sites (tertiary alicyclic amines) is 1. The fourth-order valence-electron chi connectivity index (χ4n) is 3.20. The molecule has 2 aliphatic heterocycles. The predicted molar refractivity (Wildman–Crippen MR) is 90.1 cm³/mol. The Morgan fingerprint density at radius 2 is 2.14 bits per heavy atom. The van der Waals surface area contributed by atoms with Crippen molar-refractivity contribution in [3.05, 3.63) is 28.8 Å². The van der Waals surface area contributed by atoms with Crippen molar-refractivity contribution in [1.82, 2.24) is 10.2 Å². The molecule has 0 saturated carbocycles. The van der Waals surface area contributed by atoms with Crippen molar-refractivity contribution in [3.63, 3.8) is 0 Å². The molecule has 0 radical (unpaired) electrons. The Hall–Kier alpha value is -0.970. The van der Waals surface area contributed by atoms with Crippen LogP contribution in [0.25, 0.3) is 0 Å². The summed E-state index contributed by atoms with van der Waals surface area (Å²) in [6.07, 6.45) is 2.39. The van der Waals surface area contributed by atoms with Gasteiger partial charge in [-0.3, -0.25) is 4.79 Å². The van der Waals surface area contributed by atoms with Gasteiger partial charge >= 0.3 is 0 Å². The van der Waals surface area contributed by atoms with Crippen LogP contribution in [0.15, 0.2) is 18.2 Å². The van der Waals surface area contributed by atoms with Crippen LogP contribution in [0.3, 0.4) is 0 Å². The molecule has 22 heavy (non-hydrogen) atoms. The molecule has 1 unspecified atom stereocenters. The number of carbonyl (C=O) groups excluding carboxylic acids is 1. The van der Waals surface area contributed by atoms with Crippen molar-refractivity contribution in [1.29, 1.82) is 0 Å². The van der Waals surface area contributed by atoms with Gasteiger partial charge < -0.3 is 15.0 Å². The molecule has 2 aliphatic rings. The lowest BCUT2D eigenvalue weighted by Gasteiger charge is -2.33. The van der Waals surface area contributed by atoms with Gasteiger partial charge in [-0.25, -0.2) is 0 Å². The van der Waals surface area contributed by atoms with Crippen LogP contribution in [0.5, 0.6) is 5.75 Å². The van der Waals surface area contributed by atoms with Crippen LogP contribution >= 0.6 is 24.0 Å². The van der Waals surface area contributed by atoms with Crippen molar-refractivity contribution < 1.29 is 9.53 Å². The van der Waals surface area contributed by atoms with Gasteiger partial charge in [0.15, 0.2) is 6.10 Å². The first-order chi connectivity index (χ1) is 10.2. The normalized spacial score (nSPS) is 21.0. The number of rotatable bonds is 3. The maximum Gasteiger partial charge on any atom is 0.263 e. The molecule has 1 atom stereocenters. The molecule has 0 aliphatic carbocycles. The molecule has 0 aromatic heterocycles. The molecule has 1 N–H and O–H groups in total. The van der Waals surface area contributed by atoms with E-state index < -0.39 is 0 Å². The number of carbonyl (C=O) groups is 1. The third-order valence-corrected chi connectivity index (χ3v) is 4.63. The number of benzene rings is 1. The molecular weight excluding hydrogens is 323 g/mol. The monoisotopic (exact) mass is 344 g/mol. The fraction of sp³-hybridized carbons (Fsp3) is 0.562. The van der Waals surface area contributed by atoms with Crippen molar-refractivity contribution in [2.75, 3.05) is 26.7 Å². The first kappa shape index (κ1) is 17.4. The van der Waals surface area contributed by atoms with Crippen LogP contribution in [0.4, 0.5) is 0 Å². The van der Waals surface area contributed by atoms with Crippen LogP contribution in [0.1, 0.15) is 18.4 Å². The largest absolute Gasteiger partial charge is 0.480 e. The first-order valence-corrected chi connectivity index (χ1v) is 7.93. The lowest BCUT2D eigenvalue weighted by molar-refractivity contribution is -0.139. The Labute approximate surface area is 142 Å². The second-order valence-corrected chi connectivity index (χ2v) is 6.33. The maximum absolute atomic E-state index is 12.6. The number of halogens is 2. The van der Waals surface area contributed by atoms with E-state index in [0.717, 1.165) is 43.8 Å². The van der Waals surface area contributed by atoms with Crippen LogP contribution in [-0.4, -0.2) is 43.6 Å². The molecule has 2 heterocycles. The van der Waals surface area contributed by atoms with E-state index in [1.807, 2.05) is 24.1 Å². The molecule has 122 valence electrons. The van der Waals surface area contributed by atoms with Crippen molar-refractivity contribution >= 4 is 29.9 Å². The van der Waals surface area contributed by atoms with E-state index in [4.69, 9.17) is 16.3 Å². The zero-order chi connectivity index (χ0) is 14.8. The Morgan fingerprint density at radius 3 is 2.82 bits per heavy atom. The Bertz CT molecular complexity index is 531. The van der Waals surface area contributed by atoms with E-state index in [-0.39, 0.29) is 24.4 Å². The molecule has 6 heteroatoms. The predicted octanol–water partition coefficient (Wildman–Crippen LogP) is 2.52. The molecule has 0 spiro atoms. The summed E-state index contributed by atoms with van der Waals surface area (Å²) in [5.41, 5.74) is 1.03. The van der Waals surface area contributed by atoms with Crippen molar-refractivity contribution in [3.8, 4) is 5.75 Å². The van der Waals surface area contributed by atoms with Crippen molar-refractivity contribution in [2.24, 2.45) is 5.92 Å². The number of hydrogen-bond donors (Lipinski definition) is 1. The smallest absolute Gasteiger partial charge is 0.263 e. The summed E-state index contributed by atoms with van der Waals surface area (Å²) in [7, 11) is 1.98. The minimum Gasteiger partial charge on any atom is -0.480 e. The third-order valence-electron chi connectivity index (χ3n) is 4.39. The molecule has 1 fully saturated rings. The number of amides is 1. The van der Waals surface area contributed by atoms with Gasteiger partial charge in [0.2, 0.25) is 0 Å². The summed E-state index contributed by atoms with van der Waals surface area (Å²) < 4.78 is 5.79. The van der Waals surface area contributed by atoms with E-state index in [9.17, 15) is 4.79 Å². The molecule has 1 aromatic carbocycles. The summed E-state index contributed by atoms with van der Waals surface area (Å²) in [6.45, 7) is 2.70. The van der Waals surface area contributed by atoms with Gasteiger partial charge in [-0.2, -0.15) is 0 Å². The zero-order valence-electron chi connectivity index (χ0n) is 12.7. The number of piperidine rings is 1. The van der Waals surface area contributed by atoms with E-state index >= 15 is 0 Å². The van der Waals surface area contributed by atoms with Gasteiger partial charge in [-0.15, -0.1) is 12.4 Å². The number of nitrogens with zero attached hydrogens (tertiary/aromatic N) is 1. The summed E-state index contributed by atoms with van der Waals surface area (Å²) in [5.74, 6) is 1.59. The number of ether oxygens (including phenoxy) is 1. The van der Waals surface area contributed by atoms with Gasteiger partial charge in [0.1, 0.15) is 5.75 Å². The van der Waals surface area contributed by atoms with E-state index in [0.29, 0.717) is 17.4 Å². The SMILES string of the molecule is CNCC1CCN(C(=O)C2Cc3cc(Cl)ccc3O2)CC1.Cl. The van der Waals surface area contributed by atoms with Crippen LogP contribution in [-0.2, 0) is 11.2 Å². The Morgan fingerprint density at radius 1 is 1.41 bits per heavy atom. The fourth-order valence-corrected chi connectivity index (χ4v) is 3.40. The highest BCUT2D eigenvalue weighted by molar-refractivity contribution is 6.30. The Kier molecular flexibility index (Phi) is 5.95. The summed E-state index contributed by atoms with van der Waals surface area (Å²) in [5, 5.41) is 3.91. The molecule has 1 amide bonds. The minimum atomic E-state index is -0.376. The van der Waals surface area contributed by atoms with Crippen LogP contribution < -0.4 is 10.1 Å². The second-order valence-electron chi connectivity index (χ2n) is 5.89. The highest BCUT2D eigenvalue weighted by Gasteiger charge is 2.34. The van der Waals surface area contributed by atoms with Gasteiger partial charge in [0, 0.05) is 24.5 Å². The zero-order valence-corrected chi connectivity index (χ0v) is 14.3. The molecule has 1 aromatic rings. The van der Waals surface area contributed by atoms with E-state index in [1.54, 1.807) is 6.07 Å². The lowest BCUT2D eigenvalue weighted by Crippen LogP contribution is -2.46. The number of fused-ring (bicyclic) bond motifs is 1. The number of nitrogens with one attached hydrogen (secondary N) is 1. The molecular formula is C16H22Cl2N2O2. The van der Waals surface area contributed by atoms with E-state index in [2.05, 4.69) is 5.32 Å². The maximum atomic E-state index is 12.6. The minimum absolute atomic E-state index is 0. The standard InChI is InChI=1S/C16H21ClN2O2.ClH/c1-18-10-11-4-6-19(7-5-11)16(20)15-9-12-8-13(17)2-3-14(12)21-15;/h2-3,8,11,15,18H,4-7,9-10H2,1H3;1H. The molecule has 3 rings (SSSR count). The van der Waals surface area contributed by atoms with Crippen LogP contribution in [0, 0.1) is 5.92 Å². The highest BCUT2D eigenvalue weighted by Crippen LogP contribution is 2.32. The van der Waals surface area contributed by atoms with Gasteiger partial charge in [0.05, 0.1) is 0 Å². The molecule has 0 bridgehead atoms. The number of hydrogen-bond acceptors (Lipinski definition) is 3. The van der Waals surface area contributed by atoms with E-state index in [1.165, 1.54) is 0 Å². The molecule has 4 nitrogen and oxygen atoms in total. The summed E-state index contributed by atoms with van der Waals surface area (Å²) in [4.78, 5) is 14.5. The van der Waals surface area contributed by atoms with Gasteiger partial charge in [-0.05, 0) is 56.1 Å².